The number of fused-ring (bicyclic) bond motifs is 3. The van der Waals surface area contributed by atoms with Crippen molar-refractivity contribution < 1.29 is 23.4 Å². The normalized spacial score (nSPS) is 22.1. The predicted octanol–water partition coefficient (Wildman–Crippen LogP) is 5.21. The van der Waals surface area contributed by atoms with E-state index in [1.165, 1.54) is 25.3 Å². The van der Waals surface area contributed by atoms with E-state index in [1.54, 1.807) is 12.1 Å². The van der Waals surface area contributed by atoms with Crippen molar-refractivity contribution >= 4 is 27.5 Å². The van der Waals surface area contributed by atoms with Crippen LogP contribution in [-0.4, -0.2) is 69.5 Å². The Hall–Kier alpha value is -4.23. The maximum absolute atomic E-state index is 14.8. The smallest absolute Gasteiger partial charge is 0.319 e. The molecule has 2 N–H and O–H groups in total. The number of methoxy groups -OCH3 is 1. The second-order valence-electron chi connectivity index (χ2n) is 11.2. The molecule has 10 heteroatoms. The van der Waals surface area contributed by atoms with E-state index in [-0.39, 0.29) is 34.8 Å². The molecule has 4 heterocycles. The minimum absolute atomic E-state index is 0.0196. The first-order chi connectivity index (χ1) is 19.9. The number of benzene rings is 2. The largest absolute Gasteiger partial charge is 0.508 e. The second-order valence-corrected chi connectivity index (χ2v) is 11.2. The lowest BCUT2D eigenvalue weighted by Crippen LogP contribution is -2.43. The van der Waals surface area contributed by atoms with Gasteiger partial charge in [0.1, 0.15) is 35.5 Å². The van der Waals surface area contributed by atoms with Gasteiger partial charge in [-0.1, -0.05) is 12.0 Å². The van der Waals surface area contributed by atoms with Crippen molar-refractivity contribution in [2.24, 2.45) is 0 Å². The number of alkyl halides is 1. The molecule has 2 saturated heterocycles. The van der Waals surface area contributed by atoms with E-state index in [4.69, 9.17) is 30.8 Å². The maximum Gasteiger partial charge on any atom is 0.319 e. The van der Waals surface area contributed by atoms with Gasteiger partial charge < -0.3 is 19.9 Å². The standard InChI is InChI=1S/C31H29F2N5O3/c1-3-21-23(33)8-5-17-11-20(39)12-22(26(17)21)24-13-25-27(29(35-24)40-2)28(34-19-6-7-19)37-30(36-25)41-16-31-9-4-10-38(31)15-18(32)14-31/h1,5,8,11-13,18-19,39H,4,6-7,9-10,14-16H2,2H3,(H,34,36,37)/t18-,31+/m1/s1. The molecule has 210 valence electrons. The lowest BCUT2D eigenvalue weighted by atomic mass is 9.95. The second kappa shape index (κ2) is 9.70. The molecule has 0 unspecified atom stereocenters. The summed E-state index contributed by atoms with van der Waals surface area (Å²) >= 11 is 0. The third-order valence-corrected chi connectivity index (χ3v) is 8.44. The fourth-order valence-electron chi connectivity index (χ4n) is 6.39. The number of nitrogens with zero attached hydrogens (tertiary/aromatic N) is 4. The Labute approximate surface area is 235 Å². The number of nitrogens with one attached hydrogen (secondary N) is 1. The molecule has 0 radical (unpaired) electrons. The van der Waals surface area contributed by atoms with Gasteiger partial charge in [-0.2, -0.15) is 9.97 Å². The summed E-state index contributed by atoms with van der Waals surface area (Å²) < 4.78 is 41.0. The van der Waals surface area contributed by atoms with Crippen LogP contribution in [0.3, 0.4) is 0 Å². The van der Waals surface area contributed by atoms with Crippen LogP contribution >= 0.6 is 0 Å². The van der Waals surface area contributed by atoms with Crippen LogP contribution in [0.25, 0.3) is 32.9 Å². The van der Waals surface area contributed by atoms with E-state index in [1.807, 2.05) is 0 Å². The Balaban J connectivity index is 1.37. The quantitative estimate of drug-likeness (QED) is 0.299. The Morgan fingerprint density at radius 1 is 1.20 bits per heavy atom. The summed E-state index contributed by atoms with van der Waals surface area (Å²) in [7, 11) is 1.51. The molecular weight excluding hydrogens is 528 g/mol. The topological polar surface area (TPSA) is 92.6 Å². The number of ether oxygens (including phenoxy) is 2. The third kappa shape index (κ3) is 4.45. The molecule has 1 aliphatic carbocycles. The zero-order chi connectivity index (χ0) is 28.3. The highest BCUT2D eigenvalue weighted by Crippen LogP contribution is 2.42. The molecule has 7 rings (SSSR count). The number of hydrogen-bond donors (Lipinski definition) is 2. The summed E-state index contributed by atoms with van der Waals surface area (Å²) in [5, 5.41) is 15.6. The van der Waals surface area contributed by atoms with Crippen LogP contribution in [0.5, 0.6) is 17.6 Å². The minimum Gasteiger partial charge on any atom is -0.508 e. The molecule has 4 aromatic rings. The van der Waals surface area contributed by atoms with E-state index < -0.39 is 12.0 Å². The van der Waals surface area contributed by atoms with Crippen molar-refractivity contribution in [1.29, 1.82) is 0 Å². The van der Waals surface area contributed by atoms with E-state index in [0.29, 0.717) is 58.3 Å². The van der Waals surface area contributed by atoms with Gasteiger partial charge in [-0.25, -0.2) is 13.8 Å². The number of anilines is 1. The monoisotopic (exact) mass is 557 g/mol. The Kier molecular flexibility index (Phi) is 6.08. The van der Waals surface area contributed by atoms with Crippen LogP contribution in [0.2, 0.25) is 0 Å². The van der Waals surface area contributed by atoms with Gasteiger partial charge in [0.15, 0.2) is 0 Å². The van der Waals surface area contributed by atoms with Crippen LogP contribution < -0.4 is 14.8 Å². The molecule has 41 heavy (non-hydrogen) atoms. The number of phenols is 1. The van der Waals surface area contributed by atoms with Crippen molar-refractivity contribution in [3.05, 3.63) is 41.7 Å². The molecule has 3 aliphatic rings. The maximum atomic E-state index is 14.8. The molecule has 2 atom stereocenters. The number of hydrogen-bond acceptors (Lipinski definition) is 8. The Bertz CT molecular complexity index is 1740. The van der Waals surface area contributed by atoms with E-state index in [9.17, 15) is 13.9 Å². The van der Waals surface area contributed by atoms with Gasteiger partial charge in [0.2, 0.25) is 5.88 Å². The van der Waals surface area contributed by atoms with Gasteiger partial charge in [-0.05, 0) is 61.9 Å². The van der Waals surface area contributed by atoms with Crippen LogP contribution in [0.15, 0.2) is 30.3 Å². The molecular formula is C31H29F2N5O3. The molecule has 0 bridgehead atoms. The van der Waals surface area contributed by atoms with Crippen LogP contribution in [0.4, 0.5) is 14.6 Å². The van der Waals surface area contributed by atoms with Gasteiger partial charge in [0.25, 0.3) is 0 Å². The highest BCUT2D eigenvalue weighted by Gasteiger charge is 2.49. The van der Waals surface area contributed by atoms with E-state index in [0.717, 1.165) is 32.2 Å². The van der Waals surface area contributed by atoms with Crippen LogP contribution in [-0.2, 0) is 0 Å². The highest BCUT2D eigenvalue weighted by atomic mass is 19.1. The third-order valence-electron chi connectivity index (χ3n) is 8.44. The van der Waals surface area contributed by atoms with Crippen molar-refractivity contribution in [1.82, 2.24) is 19.9 Å². The van der Waals surface area contributed by atoms with E-state index in [2.05, 4.69) is 16.1 Å². The van der Waals surface area contributed by atoms with Gasteiger partial charge in [0.05, 0.1) is 29.4 Å². The molecule has 2 aromatic heterocycles. The summed E-state index contributed by atoms with van der Waals surface area (Å²) in [6, 6.07) is 8.04. The summed E-state index contributed by atoms with van der Waals surface area (Å²) in [6.45, 7) is 1.58. The molecule has 2 aliphatic heterocycles. The van der Waals surface area contributed by atoms with Gasteiger partial charge in [0, 0.05) is 30.0 Å². The van der Waals surface area contributed by atoms with Crippen molar-refractivity contribution in [3.8, 4) is 41.2 Å². The molecule has 0 spiro atoms. The number of terminal acetylenes is 1. The number of aromatic hydroxyl groups is 1. The average Bonchev–Trinajstić information content (AvgIpc) is 3.61. The number of halogens is 2. The number of pyridine rings is 1. The van der Waals surface area contributed by atoms with Gasteiger partial charge >= 0.3 is 6.01 Å². The first kappa shape index (κ1) is 25.7. The average molecular weight is 558 g/mol. The Morgan fingerprint density at radius 3 is 2.83 bits per heavy atom. The molecule has 8 nitrogen and oxygen atoms in total. The SMILES string of the molecule is C#Cc1c(F)ccc2cc(O)cc(-c3cc4nc(OC[C@@]56CCCN5C[C@H](F)C6)nc(NC5CC5)c4c(OC)n3)c12. The zero-order valence-electron chi connectivity index (χ0n) is 22.6. The Morgan fingerprint density at radius 2 is 2.05 bits per heavy atom. The van der Waals surface area contributed by atoms with E-state index >= 15 is 0 Å². The summed E-state index contributed by atoms with van der Waals surface area (Å²) in [6.07, 6.45) is 9.18. The first-order valence-corrected chi connectivity index (χ1v) is 13.8. The predicted molar refractivity (Wildman–Crippen MR) is 152 cm³/mol. The summed E-state index contributed by atoms with van der Waals surface area (Å²) in [5.74, 6) is 2.68. The minimum atomic E-state index is -0.865. The molecule has 0 amide bonds. The van der Waals surface area contributed by atoms with Crippen molar-refractivity contribution in [2.45, 2.75) is 49.9 Å². The number of aromatic nitrogens is 3. The van der Waals surface area contributed by atoms with Gasteiger partial charge in [-0.15, -0.1) is 6.42 Å². The highest BCUT2D eigenvalue weighted by molar-refractivity contribution is 6.03. The molecule has 1 saturated carbocycles. The first-order valence-electron chi connectivity index (χ1n) is 13.8. The van der Waals surface area contributed by atoms with Crippen molar-refractivity contribution in [2.75, 3.05) is 32.1 Å². The molecule has 2 aromatic carbocycles. The fraction of sp³-hybridized carbons (Fsp3) is 0.387. The summed E-state index contributed by atoms with van der Waals surface area (Å²) in [4.78, 5) is 16.3. The lowest BCUT2D eigenvalue weighted by molar-refractivity contribution is 0.107. The molecule has 3 fully saturated rings. The lowest BCUT2D eigenvalue weighted by Gasteiger charge is -2.30. The van der Waals surface area contributed by atoms with Crippen LogP contribution in [0, 0.1) is 18.2 Å². The fourth-order valence-corrected chi connectivity index (χ4v) is 6.39. The number of rotatable bonds is 7. The van der Waals surface area contributed by atoms with Crippen molar-refractivity contribution in [3.63, 3.8) is 0 Å². The summed E-state index contributed by atoms with van der Waals surface area (Å²) in [5.41, 5.74) is 1.04. The number of phenolic OH excluding ortho intramolecular Hbond substituents is 1. The van der Waals surface area contributed by atoms with Gasteiger partial charge in [-0.3, -0.25) is 4.90 Å². The zero-order valence-corrected chi connectivity index (χ0v) is 22.6. The van der Waals surface area contributed by atoms with Crippen LogP contribution in [0.1, 0.15) is 37.7 Å².